The van der Waals surface area contributed by atoms with Gasteiger partial charge in [0.15, 0.2) is 10.6 Å². The van der Waals surface area contributed by atoms with Crippen molar-refractivity contribution >= 4 is 18.1 Å². The summed E-state index contributed by atoms with van der Waals surface area (Å²) in [5.74, 6) is 1.24. The van der Waals surface area contributed by atoms with Crippen molar-refractivity contribution < 1.29 is 9.53 Å². The summed E-state index contributed by atoms with van der Waals surface area (Å²) >= 11 is 5.33. The first kappa shape index (κ1) is 20.8. The first-order chi connectivity index (χ1) is 14.0. The van der Waals surface area contributed by atoms with Gasteiger partial charge >= 0.3 is 0 Å². The Morgan fingerprint density at radius 3 is 2.52 bits per heavy atom. The van der Waals surface area contributed by atoms with Crippen LogP contribution in [0.2, 0.25) is 0 Å². The molecule has 7 nitrogen and oxygen atoms in total. The molecular formula is C21H25N5O2S. The molecule has 1 amide bonds. The highest BCUT2D eigenvalue weighted by Crippen LogP contribution is 2.21. The van der Waals surface area contributed by atoms with E-state index in [4.69, 9.17) is 17.0 Å². The van der Waals surface area contributed by atoms with Gasteiger partial charge in [-0.25, -0.2) is 0 Å². The van der Waals surface area contributed by atoms with Gasteiger partial charge in [0.25, 0.3) is 0 Å². The van der Waals surface area contributed by atoms with Crippen LogP contribution in [0, 0.1) is 4.77 Å². The van der Waals surface area contributed by atoms with Gasteiger partial charge in [-0.05, 0) is 56.1 Å². The number of methoxy groups -OCH3 is 1. The van der Waals surface area contributed by atoms with Crippen LogP contribution in [0.4, 0.5) is 0 Å². The zero-order chi connectivity index (χ0) is 20.8. The topological polar surface area (TPSA) is 75.2 Å². The summed E-state index contributed by atoms with van der Waals surface area (Å²) < 4.78 is 7.29. The Balaban J connectivity index is 1.71. The van der Waals surface area contributed by atoms with Crippen molar-refractivity contribution in [3.05, 3.63) is 64.9 Å². The molecule has 3 rings (SSSR count). The van der Waals surface area contributed by atoms with E-state index in [1.165, 1.54) is 0 Å². The van der Waals surface area contributed by atoms with E-state index in [-0.39, 0.29) is 18.5 Å². The van der Waals surface area contributed by atoms with Crippen LogP contribution in [-0.2, 0) is 11.3 Å². The second kappa shape index (κ2) is 9.49. The second-order valence-electron chi connectivity index (χ2n) is 6.86. The van der Waals surface area contributed by atoms with Crippen molar-refractivity contribution in [3.63, 3.8) is 0 Å². The molecule has 0 aliphatic rings. The molecule has 0 spiro atoms. The quantitative estimate of drug-likeness (QED) is 0.558. The fraction of sp³-hybridized carbons (Fsp3) is 0.286. The standard InChI is InChI=1S/C21H25N5O2S/c1-25(2)18(15-7-5-4-6-8-15)13-22-19(27)14-26-20(23-24-21(26)29)16-9-11-17(28-3)12-10-16/h4-12,18H,13-14H2,1-3H3,(H,22,27)(H,24,29). The predicted octanol–water partition coefficient (Wildman–Crippen LogP) is 3.04. The predicted molar refractivity (Wildman–Crippen MR) is 115 cm³/mol. The average molecular weight is 412 g/mol. The van der Waals surface area contributed by atoms with E-state index >= 15 is 0 Å². The molecule has 0 saturated heterocycles. The molecule has 1 atom stereocenters. The SMILES string of the molecule is COc1ccc(-c2n[nH]c(=S)n2CC(=O)NCC(c2ccccc2)N(C)C)cc1. The molecule has 29 heavy (non-hydrogen) atoms. The zero-order valence-corrected chi connectivity index (χ0v) is 17.6. The van der Waals surface area contributed by atoms with Crippen molar-refractivity contribution in [2.75, 3.05) is 27.7 Å². The van der Waals surface area contributed by atoms with Crippen molar-refractivity contribution in [3.8, 4) is 17.1 Å². The van der Waals surface area contributed by atoms with Crippen LogP contribution in [0.25, 0.3) is 11.4 Å². The van der Waals surface area contributed by atoms with Gasteiger partial charge in [-0.3, -0.25) is 14.5 Å². The van der Waals surface area contributed by atoms with Gasteiger partial charge in [0.2, 0.25) is 5.91 Å². The first-order valence-electron chi connectivity index (χ1n) is 9.27. The van der Waals surface area contributed by atoms with Crippen LogP contribution in [-0.4, -0.2) is 53.3 Å². The Kier molecular flexibility index (Phi) is 6.79. The van der Waals surface area contributed by atoms with Crippen molar-refractivity contribution in [2.45, 2.75) is 12.6 Å². The van der Waals surface area contributed by atoms with Crippen LogP contribution in [0.5, 0.6) is 5.75 Å². The van der Waals surface area contributed by atoms with Gasteiger partial charge in [-0.15, -0.1) is 0 Å². The smallest absolute Gasteiger partial charge is 0.240 e. The molecule has 0 radical (unpaired) electrons. The van der Waals surface area contributed by atoms with Gasteiger partial charge in [0.05, 0.1) is 13.2 Å². The van der Waals surface area contributed by atoms with Gasteiger partial charge in [0, 0.05) is 12.1 Å². The number of aromatic amines is 1. The Labute approximate surface area is 175 Å². The van der Waals surface area contributed by atoms with Crippen LogP contribution < -0.4 is 10.1 Å². The molecule has 1 aromatic heterocycles. The normalized spacial score (nSPS) is 12.0. The molecule has 0 aliphatic carbocycles. The molecule has 1 heterocycles. The van der Waals surface area contributed by atoms with E-state index in [0.717, 1.165) is 16.9 Å². The zero-order valence-electron chi connectivity index (χ0n) is 16.8. The largest absolute Gasteiger partial charge is 0.497 e. The number of rotatable bonds is 8. The first-order valence-corrected chi connectivity index (χ1v) is 9.68. The monoisotopic (exact) mass is 411 g/mol. The molecule has 2 aromatic carbocycles. The van der Waals surface area contributed by atoms with Crippen molar-refractivity contribution in [2.24, 2.45) is 0 Å². The molecule has 3 aromatic rings. The van der Waals surface area contributed by atoms with E-state index < -0.39 is 0 Å². The number of hydrogen-bond acceptors (Lipinski definition) is 5. The van der Waals surface area contributed by atoms with E-state index in [1.807, 2.05) is 56.6 Å². The fourth-order valence-electron chi connectivity index (χ4n) is 3.11. The summed E-state index contributed by atoms with van der Waals surface area (Å²) in [6.45, 7) is 0.588. The lowest BCUT2D eigenvalue weighted by Gasteiger charge is -2.25. The minimum atomic E-state index is -0.125. The lowest BCUT2D eigenvalue weighted by atomic mass is 10.1. The number of carbonyl (C=O) groups excluding carboxylic acids is 1. The highest BCUT2D eigenvalue weighted by molar-refractivity contribution is 7.71. The van der Waals surface area contributed by atoms with Crippen LogP contribution in [0.1, 0.15) is 11.6 Å². The second-order valence-corrected chi connectivity index (χ2v) is 7.25. The summed E-state index contributed by atoms with van der Waals surface area (Å²) in [4.78, 5) is 14.7. The lowest BCUT2D eigenvalue weighted by Crippen LogP contribution is -2.36. The number of nitrogens with zero attached hydrogens (tertiary/aromatic N) is 3. The van der Waals surface area contributed by atoms with Gasteiger partial charge in [-0.2, -0.15) is 5.10 Å². The Bertz CT molecular complexity index is 996. The number of nitrogens with one attached hydrogen (secondary N) is 2. The number of carbonyl (C=O) groups is 1. The number of benzene rings is 2. The Hall–Kier alpha value is -2.97. The third kappa shape index (κ3) is 5.10. The molecule has 0 fully saturated rings. The highest BCUT2D eigenvalue weighted by Gasteiger charge is 2.17. The molecule has 2 N–H and O–H groups in total. The molecular weight excluding hydrogens is 386 g/mol. The maximum Gasteiger partial charge on any atom is 0.240 e. The lowest BCUT2D eigenvalue weighted by molar-refractivity contribution is -0.121. The molecule has 0 saturated carbocycles. The number of likely N-dealkylation sites (N-methyl/N-ethyl adjacent to an activating group) is 1. The van der Waals surface area contributed by atoms with Gasteiger partial charge in [0.1, 0.15) is 12.3 Å². The van der Waals surface area contributed by atoms with E-state index in [2.05, 4.69) is 32.5 Å². The number of ether oxygens (including phenoxy) is 1. The number of hydrogen-bond donors (Lipinski definition) is 2. The van der Waals surface area contributed by atoms with Crippen LogP contribution in [0.3, 0.4) is 0 Å². The molecule has 8 heteroatoms. The van der Waals surface area contributed by atoms with E-state index in [0.29, 0.717) is 17.1 Å². The summed E-state index contributed by atoms with van der Waals surface area (Å²) in [6.07, 6.45) is 0. The molecule has 0 bridgehead atoms. The molecule has 1 unspecified atom stereocenters. The van der Waals surface area contributed by atoms with E-state index in [9.17, 15) is 4.79 Å². The van der Waals surface area contributed by atoms with E-state index in [1.54, 1.807) is 11.7 Å². The number of H-pyrrole nitrogens is 1. The van der Waals surface area contributed by atoms with Crippen molar-refractivity contribution in [1.29, 1.82) is 0 Å². The summed E-state index contributed by atoms with van der Waals surface area (Å²) in [7, 11) is 5.61. The molecule has 152 valence electrons. The maximum atomic E-state index is 12.6. The summed E-state index contributed by atoms with van der Waals surface area (Å²) in [5, 5.41) is 10.1. The van der Waals surface area contributed by atoms with Crippen molar-refractivity contribution in [1.82, 2.24) is 25.0 Å². The van der Waals surface area contributed by atoms with Crippen LogP contribution in [0.15, 0.2) is 54.6 Å². The minimum absolute atomic E-state index is 0.0820. The molecule has 0 aliphatic heterocycles. The van der Waals surface area contributed by atoms with Gasteiger partial charge < -0.3 is 15.0 Å². The number of aromatic nitrogens is 3. The minimum Gasteiger partial charge on any atom is -0.497 e. The third-order valence-electron chi connectivity index (χ3n) is 4.71. The Morgan fingerprint density at radius 1 is 1.21 bits per heavy atom. The average Bonchev–Trinajstić information content (AvgIpc) is 3.09. The van der Waals surface area contributed by atoms with Crippen LogP contribution >= 0.6 is 12.2 Å². The fourth-order valence-corrected chi connectivity index (χ4v) is 3.31. The third-order valence-corrected chi connectivity index (χ3v) is 5.02. The maximum absolute atomic E-state index is 12.6. The summed E-state index contributed by atoms with van der Waals surface area (Å²) in [5.41, 5.74) is 2.00. The highest BCUT2D eigenvalue weighted by atomic mass is 32.1. The Morgan fingerprint density at radius 2 is 1.90 bits per heavy atom. The number of amides is 1. The van der Waals surface area contributed by atoms with Gasteiger partial charge in [-0.1, -0.05) is 30.3 Å². The summed E-state index contributed by atoms with van der Waals surface area (Å²) in [6, 6.07) is 17.6.